The number of likely N-dealkylation sites (N-methyl/N-ethyl adjacent to an activating group) is 1. The average molecular weight is 397 g/mol. The molecule has 2 amide bonds. The number of para-hydroxylation sites is 1. The molecule has 7 heteroatoms. The van der Waals surface area contributed by atoms with Crippen LogP contribution in [0.3, 0.4) is 0 Å². The van der Waals surface area contributed by atoms with Crippen LogP contribution in [0, 0.1) is 6.92 Å². The van der Waals surface area contributed by atoms with Crippen molar-refractivity contribution in [2.24, 2.45) is 0 Å². The molecule has 0 radical (unpaired) electrons. The van der Waals surface area contributed by atoms with Crippen molar-refractivity contribution >= 4 is 39.2 Å². The molecule has 28 heavy (non-hydrogen) atoms. The summed E-state index contributed by atoms with van der Waals surface area (Å²) >= 11 is 1.71. The lowest BCUT2D eigenvalue weighted by Gasteiger charge is -2.16. The third-order valence-corrected chi connectivity index (χ3v) is 5.46. The Morgan fingerprint density at radius 2 is 2.00 bits per heavy atom. The summed E-state index contributed by atoms with van der Waals surface area (Å²) in [5, 5.41) is 3.82. The minimum atomic E-state index is -0.247. The molecule has 2 aromatic heterocycles. The zero-order chi connectivity index (χ0) is 19.9. The van der Waals surface area contributed by atoms with E-state index in [0.717, 1.165) is 35.4 Å². The van der Waals surface area contributed by atoms with Crippen LogP contribution >= 0.6 is 11.3 Å². The summed E-state index contributed by atoms with van der Waals surface area (Å²) < 4.78 is 1.20. The van der Waals surface area contributed by atoms with Gasteiger partial charge in [-0.05, 0) is 56.0 Å². The van der Waals surface area contributed by atoms with Crippen molar-refractivity contribution in [3.63, 3.8) is 0 Å². The van der Waals surface area contributed by atoms with Gasteiger partial charge in [-0.1, -0.05) is 12.1 Å². The number of hydrogen-bond acceptors (Lipinski definition) is 5. The fourth-order valence-corrected chi connectivity index (χ4v) is 3.87. The van der Waals surface area contributed by atoms with Gasteiger partial charge in [0.25, 0.3) is 0 Å². The Bertz CT molecular complexity index is 937. The van der Waals surface area contributed by atoms with E-state index in [0.29, 0.717) is 12.2 Å². The molecule has 2 heterocycles. The highest BCUT2D eigenvalue weighted by Crippen LogP contribution is 2.22. The number of aryl methyl sites for hydroxylation is 2. The van der Waals surface area contributed by atoms with Gasteiger partial charge in [0.2, 0.25) is 11.8 Å². The molecule has 6 nitrogen and oxygen atoms in total. The number of rotatable bonds is 8. The van der Waals surface area contributed by atoms with Crippen LogP contribution in [-0.4, -0.2) is 40.3 Å². The lowest BCUT2D eigenvalue weighted by atomic mass is 10.2. The van der Waals surface area contributed by atoms with Crippen LogP contribution < -0.4 is 5.32 Å². The predicted molar refractivity (Wildman–Crippen MR) is 112 cm³/mol. The van der Waals surface area contributed by atoms with E-state index in [1.165, 1.54) is 9.60 Å². The van der Waals surface area contributed by atoms with Gasteiger partial charge in [0.1, 0.15) is 5.82 Å². The maximum Gasteiger partial charge on any atom is 0.245 e. The molecule has 1 N–H and O–H groups in total. The lowest BCUT2D eigenvalue weighted by Crippen LogP contribution is -2.34. The van der Waals surface area contributed by atoms with Crippen LogP contribution in [-0.2, 0) is 16.0 Å². The van der Waals surface area contributed by atoms with Crippen LogP contribution in [0.25, 0.3) is 10.2 Å². The molecule has 0 saturated heterocycles. The summed E-state index contributed by atoms with van der Waals surface area (Å²) in [6.45, 7) is 1.95. The first-order chi connectivity index (χ1) is 13.5. The van der Waals surface area contributed by atoms with Gasteiger partial charge in [0.15, 0.2) is 0 Å². The third-order valence-electron chi connectivity index (χ3n) is 4.36. The Morgan fingerprint density at radius 3 is 2.79 bits per heavy atom. The molecule has 0 bridgehead atoms. The molecule has 1 aromatic carbocycles. The van der Waals surface area contributed by atoms with Crippen molar-refractivity contribution in [2.75, 3.05) is 18.9 Å². The number of carbonyl (C=O) groups is 2. The van der Waals surface area contributed by atoms with Crippen molar-refractivity contribution in [3.05, 3.63) is 53.2 Å². The number of fused-ring (bicyclic) bond motifs is 1. The zero-order valence-electron chi connectivity index (χ0n) is 16.1. The second-order valence-corrected chi connectivity index (χ2v) is 7.91. The maximum atomic E-state index is 12.3. The highest BCUT2D eigenvalue weighted by molar-refractivity contribution is 7.18. The topological polar surface area (TPSA) is 75.2 Å². The second kappa shape index (κ2) is 9.41. The van der Waals surface area contributed by atoms with Crippen LogP contribution in [0.15, 0.2) is 42.6 Å². The highest BCUT2D eigenvalue weighted by Gasteiger charge is 2.13. The number of nitrogens with one attached hydrogen (secondary N) is 1. The second-order valence-electron chi connectivity index (χ2n) is 6.80. The van der Waals surface area contributed by atoms with E-state index in [9.17, 15) is 9.59 Å². The summed E-state index contributed by atoms with van der Waals surface area (Å²) in [6, 6.07) is 11.8. The van der Waals surface area contributed by atoms with Crippen LogP contribution in [0.2, 0.25) is 0 Å². The molecule has 0 unspecified atom stereocenters. The van der Waals surface area contributed by atoms with Gasteiger partial charge in [-0.15, -0.1) is 11.3 Å². The summed E-state index contributed by atoms with van der Waals surface area (Å²) in [6.07, 6.45) is 4.62. The summed E-state index contributed by atoms with van der Waals surface area (Å²) in [5.41, 5.74) is 2.05. The average Bonchev–Trinajstić information content (AvgIpc) is 3.07. The molecular formula is C21H24N4O2S. The van der Waals surface area contributed by atoms with Gasteiger partial charge in [0, 0.05) is 19.7 Å². The van der Waals surface area contributed by atoms with Crippen molar-refractivity contribution in [1.82, 2.24) is 14.9 Å². The maximum absolute atomic E-state index is 12.3. The number of pyridine rings is 1. The van der Waals surface area contributed by atoms with E-state index >= 15 is 0 Å². The Balaban J connectivity index is 1.38. The molecule has 0 aliphatic rings. The Kier molecular flexibility index (Phi) is 6.71. The first-order valence-corrected chi connectivity index (χ1v) is 10.1. The molecule has 3 aromatic rings. The predicted octanol–water partition coefficient (Wildman–Crippen LogP) is 3.81. The Hall–Kier alpha value is -2.80. The van der Waals surface area contributed by atoms with Crippen LogP contribution in [0.1, 0.15) is 29.8 Å². The van der Waals surface area contributed by atoms with Gasteiger partial charge < -0.3 is 10.2 Å². The summed E-state index contributed by atoms with van der Waals surface area (Å²) in [7, 11) is 1.65. The van der Waals surface area contributed by atoms with Gasteiger partial charge >= 0.3 is 0 Å². The molecule has 0 saturated carbocycles. The number of benzene rings is 1. The third kappa shape index (κ3) is 5.60. The standard InChI is InChI=1S/C21H24N4O2S/c1-15-11-12-22-18(13-15)24-19(26)14-25(2)21(27)10-6-5-9-20-23-16-7-3-4-8-17(16)28-20/h3-4,7-8,11-13H,5-6,9-10,14H2,1-2H3,(H,22,24,26). The highest BCUT2D eigenvalue weighted by atomic mass is 32.1. The molecular weight excluding hydrogens is 372 g/mol. The van der Waals surface area contributed by atoms with Crippen molar-refractivity contribution in [1.29, 1.82) is 0 Å². The van der Waals surface area contributed by atoms with Crippen molar-refractivity contribution < 1.29 is 9.59 Å². The smallest absolute Gasteiger partial charge is 0.245 e. The Labute approximate surface area is 168 Å². The molecule has 0 aliphatic heterocycles. The number of thiazole rings is 1. The van der Waals surface area contributed by atoms with E-state index in [1.807, 2.05) is 31.2 Å². The number of amides is 2. The fraction of sp³-hybridized carbons (Fsp3) is 0.333. The number of unbranched alkanes of at least 4 members (excludes halogenated alkanes) is 1. The minimum Gasteiger partial charge on any atom is -0.336 e. The molecule has 146 valence electrons. The number of carbonyl (C=O) groups excluding carboxylic acids is 2. The molecule has 3 rings (SSSR count). The van der Waals surface area contributed by atoms with E-state index in [1.54, 1.807) is 30.6 Å². The number of nitrogens with zero attached hydrogens (tertiary/aromatic N) is 3. The molecule has 0 fully saturated rings. The van der Waals surface area contributed by atoms with E-state index in [4.69, 9.17) is 0 Å². The monoisotopic (exact) mass is 396 g/mol. The summed E-state index contributed by atoms with van der Waals surface area (Å²) in [4.78, 5) is 34.5. The van der Waals surface area contributed by atoms with Crippen LogP contribution in [0.4, 0.5) is 5.82 Å². The van der Waals surface area contributed by atoms with Gasteiger partial charge in [-0.2, -0.15) is 0 Å². The van der Waals surface area contributed by atoms with Gasteiger partial charge in [0.05, 0.1) is 21.8 Å². The van der Waals surface area contributed by atoms with E-state index < -0.39 is 0 Å². The first-order valence-electron chi connectivity index (χ1n) is 9.32. The SMILES string of the molecule is Cc1ccnc(NC(=O)CN(C)C(=O)CCCCc2nc3ccccc3s2)c1. The van der Waals surface area contributed by atoms with E-state index in [2.05, 4.69) is 21.4 Å². The number of aromatic nitrogens is 2. The molecule has 0 aliphatic carbocycles. The number of anilines is 1. The molecule has 0 spiro atoms. The van der Waals surface area contributed by atoms with Crippen LogP contribution in [0.5, 0.6) is 0 Å². The normalized spacial score (nSPS) is 10.8. The van der Waals surface area contributed by atoms with Gasteiger partial charge in [-0.25, -0.2) is 9.97 Å². The molecule has 0 atom stereocenters. The Morgan fingerprint density at radius 1 is 1.18 bits per heavy atom. The first kappa shape index (κ1) is 19.9. The summed E-state index contributed by atoms with van der Waals surface area (Å²) in [5.74, 6) is 0.224. The lowest BCUT2D eigenvalue weighted by molar-refractivity contribution is -0.133. The largest absolute Gasteiger partial charge is 0.336 e. The zero-order valence-corrected chi connectivity index (χ0v) is 17.0. The van der Waals surface area contributed by atoms with Crippen molar-refractivity contribution in [2.45, 2.75) is 32.6 Å². The number of hydrogen-bond donors (Lipinski definition) is 1. The quantitative estimate of drug-likeness (QED) is 0.588. The van der Waals surface area contributed by atoms with Crippen molar-refractivity contribution in [3.8, 4) is 0 Å². The fourth-order valence-electron chi connectivity index (χ4n) is 2.86. The van der Waals surface area contributed by atoms with E-state index in [-0.39, 0.29) is 18.4 Å². The minimum absolute atomic E-state index is 0.0202. The van der Waals surface area contributed by atoms with Gasteiger partial charge in [-0.3, -0.25) is 9.59 Å².